The third-order valence-corrected chi connectivity index (χ3v) is 1.91. The van der Waals surface area contributed by atoms with Gasteiger partial charge in [-0.15, -0.1) is 0 Å². The smallest absolute Gasteiger partial charge is 0.0700 e. The van der Waals surface area contributed by atoms with Crippen molar-refractivity contribution in [2.24, 2.45) is 0 Å². The summed E-state index contributed by atoms with van der Waals surface area (Å²) in [6.07, 6.45) is 2.30. The highest BCUT2D eigenvalue weighted by Gasteiger charge is 1.98. The van der Waals surface area contributed by atoms with Crippen molar-refractivity contribution in [1.29, 1.82) is 0 Å². The zero-order valence-corrected chi connectivity index (χ0v) is 9.14. The molecule has 0 bridgehead atoms. The van der Waals surface area contributed by atoms with Crippen LogP contribution in [-0.4, -0.2) is 39.5 Å². The maximum absolute atomic E-state index is 5.35. The van der Waals surface area contributed by atoms with E-state index in [1.807, 2.05) is 0 Å². The Balaban J connectivity index is 2.97. The van der Waals surface area contributed by atoms with Gasteiger partial charge in [0.05, 0.1) is 13.2 Å². The van der Waals surface area contributed by atoms with Gasteiger partial charge in [0.25, 0.3) is 0 Å². The van der Waals surface area contributed by atoms with Crippen LogP contribution < -0.4 is 5.32 Å². The highest BCUT2D eigenvalue weighted by Crippen LogP contribution is 1.96. The Morgan fingerprint density at radius 3 is 2.62 bits per heavy atom. The second-order valence-corrected chi connectivity index (χ2v) is 3.21. The van der Waals surface area contributed by atoms with Crippen LogP contribution in [0.3, 0.4) is 0 Å². The molecule has 0 rings (SSSR count). The van der Waals surface area contributed by atoms with E-state index in [2.05, 4.69) is 19.2 Å². The van der Waals surface area contributed by atoms with Gasteiger partial charge in [0.15, 0.2) is 0 Å². The first kappa shape index (κ1) is 12.9. The highest BCUT2D eigenvalue weighted by molar-refractivity contribution is 4.58. The van der Waals surface area contributed by atoms with Gasteiger partial charge >= 0.3 is 0 Å². The molecule has 1 unspecified atom stereocenters. The summed E-state index contributed by atoms with van der Waals surface area (Å²) in [5.41, 5.74) is 0. The number of methoxy groups -OCH3 is 1. The minimum atomic E-state index is 0.607. The average Bonchev–Trinajstić information content (AvgIpc) is 2.11. The molecule has 0 aromatic rings. The molecule has 0 saturated heterocycles. The van der Waals surface area contributed by atoms with E-state index in [1.165, 1.54) is 6.42 Å². The standard InChI is InChI=1S/C10H23NO2/c1-4-11-10(2)6-5-7-13-9-8-12-3/h10-11H,4-9H2,1-3H3. The molecule has 13 heavy (non-hydrogen) atoms. The fourth-order valence-electron chi connectivity index (χ4n) is 1.19. The van der Waals surface area contributed by atoms with Gasteiger partial charge in [0, 0.05) is 19.8 Å². The Bertz CT molecular complexity index is 98.9. The van der Waals surface area contributed by atoms with Gasteiger partial charge in [0.1, 0.15) is 0 Å². The van der Waals surface area contributed by atoms with Gasteiger partial charge in [-0.25, -0.2) is 0 Å². The molecule has 0 fully saturated rings. The lowest BCUT2D eigenvalue weighted by Crippen LogP contribution is -2.25. The molecule has 3 heteroatoms. The van der Waals surface area contributed by atoms with Gasteiger partial charge in [-0.2, -0.15) is 0 Å². The summed E-state index contributed by atoms with van der Waals surface area (Å²) < 4.78 is 10.2. The van der Waals surface area contributed by atoms with Crippen molar-refractivity contribution in [3.8, 4) is 0 Å². The third kappa shape index (κ3) is 9.80. The molecule has 0 saturated carbocycles. The average molecular weight is 189 g/mol. The molecule has 0 aliphatic carbocycles. The van der Waals surface area contributed by atoms with Crippen molar-refractivity contribution in [2.45, 2.75) is 32.7 Å². The second kappa shape index (κ2) is 9.96. The number of rotatable bonds is 9. The monoisotopic (exact) mass is 189 g/mol. The van der Waals surface area contributed by atoms with Crippen LogP contribution in [0.25, 0.3) is 0 Å². The quantitative estimate of drug-likeness (QED) is 0.557. The summed E-state index contributed by atoms with van der Waals surface area (Å²) in [7, 11) is 1.69. The number of ether oxygens (including phenoxy) is 2. The Morgan fingerprint density at radius 1 is 1.23 bits per heavy atom. The van der Waals surface area contributed by atoms with E-state index >= 15 is 0 Å². The normalized spacial score (nSPS) is 13.2. The lowest BCUT2D eigenvalue weighted by molar-refractivity contribution is 0.0680. The molecule has 3 nitrogen and oxygen atoms in total. The molecule has 1 atom stereocenters. The van der Waals surface area contributed by atoms with E-state index in [4.69, 9.17) is 9.47 Å². The van der Waals surface area contributed by atoms with E-state index in [0.29, 0.717) is 19.3 Å². The van der Waals surface area contributed by atoms with Crippen molar-refractivity contribution in [3.63, 3.8) is 0 Å². The van der Waals surface area contributed by atoms with Crippen molar-refractivity contribution in [1.82, 2.24) is 5.32 Å². The minimum absolute atomic E-state index is 0.607. The molecular weight excluding hydrogens is 166 g/mol. The molecular formula is C10H23NO2. The predicted octanol–water partition coefficient (Wildman–Crippen LogP) is 1.43. The van der Waals surface area contributed by atoms with Gasteiger partial charge < -0.3 is 14.8 Å². The molecule has 0 radical (unpaired) electrons. The summed E-state index contributed by atoms with van der Waals surface area (Å²) in [6, 6.07) is 0.607. The largest absolute Gasteiger partial charge is 0.382 e. The van der Waals surface area contributed by atoms with E-state index in [-0.39, 0.29) is 0 Å². The van der Waals surface area contributed by atoms with E-state index in [1.54, 1.807) is 7.11 Å². The summed E-state index contributed by atoms with van der Waals surface area (Å²) in [6.45, 7) is 7.64. The van der Waals surface area contributed by atoms with Crippen LogP contribution >= 0.6 is 0 Å². The number of hydrogen-bond acceptors (Lipinski definition) is 3. The topological polar surface area (TPSA) is 30.5 Å². The van der Waals surface area contributed by atoms with Crippen molar-refractivity contribution < 1.29 is 9.47 Å². The highest BCUT2D eigenvalue weighted by atomic mass is 16.5. The first-order chi connectivity index (χ1) is 6.31. The molecule has 0 aromatic carbocycles. The second-order valence-electron chi connectivity index (χ2n) is 3.21. The molecule has 1 N–H and O–H groups in total. The van der Waals surface area contributed by atoms with Crippen LogP contribution in [0, 0.1) is 0 Å². The molecule has 80 valence electrons. The Morgan fingerprint density at radius 2 is 2.00 bits per heavy atom. The lowest BCUT2D eigenvalue weighted by Gasteiger charge is -2.11. The van der Waals surface area contributed by atoms with Crippen molar-refractivity contribution in [3.05, 3.63) is 0 Å². The molecule has 0 aliphatic heterocycles. The molecule has 0 spiro atoms. The molecule has 0 aromatic heterocycles. The fraction of sp³-hybridized carbons (Fsp3) is 1.00. The van der Waals surface area contributed by atoms with Crippen LogP contribution in [-0.2, 0) is 9.47 Å². The Kier molecular flexibility index (Phi) is 9.87. The van der Waals surface area contributed by atoms with Gasteiger partial charge in [0.2, 0.25) is 0 Å². The third-order valence-electron chi connectivity index (χ3n) is 1.91. The summed E-state index contributed by atoms with van der Waals surface area (Å²) in [5.74, 6) is 0. The fourth-order valence-corrected chi connectivity index (χ4v) is 1.19. The minimum Gasteiger partial charge on any atom is -0.382 e. The first-order valence-corrected chi connectivity index (χ1v) is 5.11. The summed E-state index contributed by atoms with van der Waals surface area (Å²) in [5, 5.41) is 3.37. The van der Waals surface area contributed by atoms with Gasteiger partial charge in [-0.05, 0) is 26.3 Å². The molecule has 0 amide bonds. The van der Waals surface area contributed by atoms with Crippen LogP contribution in [0.15, 0.2) is 0 Å². The van der Waals surface area contributed by atoms with Crippen molar-refractivity contribution in [2.75, 3.05) is 33.5 Å². The number of hydrogen-bond donors (Lipinski definition) is 1. The van der Waals surface area contributed by atoms with Crippen LogP contribution in [0.4, 0.5) is 0 Å². The number of nitrogens with one attached hydrogen (secondary N) is 1. The maximum Gasteiger partial charge on any atom is 0.0700 e. The maximum atomic E-state index is 5.35. The predicted molar refractivity (Wildman–Crippen MR) is 55.1 cm³/mol. The van der Waals surface area contributed by atoms with E-state index in [9.17, 15) is 0 Å². The van der Waals surface area contributed by atoms with Crippen LogP contribution in [0.5, 0.6) is 0 Å². The van der Waals surface area contributed by atoms with E-state index < -0.39 is 0 Å². The molecule has 0 heterocycles. The Labute approximate surface area is 81.8 Å². The van der Waals surface area contributed by atoms with Gasteiger partial charge in [-0.3, -0.25) is 0 Å². The molecule has 0 aliphatic rings. The zero-order chi connectivity index (χ0) is 9.94. The van der Waals surface area contributed by atoms with E-state index in [0.717, 1.165) is 19.6 Å². The van der Waals surface area contributed by atoms with Crippen LogP contribution in [0.1, 0.15) is 26.7 Å². The zero-order valence-electron chi connectivity index (χ0n) is 9.14. The van der Waals surface area contributed by atoms with Crippen LogP contribution in [0.2, 0.25) is 0 Å². The summed E-state index contributed by atoms with van der Waals surface area (Å²) >= 11 is 0. The first-order valence-electron chi connectivity index (χ1n) is 5.11. The lowest BCUT2D eigenvalue weighted by atomic mass is 10.2. The summed E-state index contributed by atoms with van der Waals surface area (Å²) in [4.78, 5) is 0. The van der Waals surface area contributed by atoms with Crippen molar-refractivity contribution >= 4 is 0 Å². The Hall–Kier alpha value is -0.120. The van der Waals surface area contributed by atoms with Gasteiger partial charge in [-0.1, -0.05) is 6.92 Å². The SMILES string of the molecule is CCNC(C)CCCOCCOC.